The first-order chi connectivity index (χ1) is 17.7. The molecule has 0 saturated heterocycles. The number of benzene rings is 2. The highest BCUT2D eigenvalue weighted by Gasteiger charge is 2.26. The number of ether oxygens (including phenoxy) is 2. The standard InChI is InChI=1S/C31H44N2O5/c1-10-11-12-20(23-15-14-22(37-8)19-26(23)38-9)18-27(34)32-25-17-21(13-16-24(25)30(2,3)4)28(35)33-29(36)31(5,6)7/h13-17,19-20H,10-12,18H2,1-9H3,(H,32,34)(H,33,35,36). The molecule has 3 amide bonds. The van der Waals surface area contributed by atoms with E-state index < -0.39 is 11.3 Å². The van der Waals surface area contributed by atoms with E-state index in [-0.39, 0.29) is 29.6 Å². The van der Waals surface area contributed by atoms with Gasteiger partial charge in [0.25, 0.3) is 5.91 Å². The zero-order valence-electron chi connectivity index (χ0n) is 24.4. The van der Waals surface area contributed by atoms with Crippen molar-refractivity contribution in [3.63, 3.8) is 0 Å². The maximum Gasteiger partial charge on any atom is 0.257 e. The Kier molecular flexibility index (Phi) is 10.5. The van der Waals surface area contributed by atoms with Gasteiger partial charge in [-0.15, -0.1) is 0 Å². The Hall–Kier alpha value is -3.35. The number of amides is 3. The predicted molar refractivity (Wildman–Crippen MR) is 152 cm³/mol. The number of carbonyl (C=O) groups excluding carboxylic acids is 3. The maximum absolute atomic E-state index is 13.4. The largest absolute Gasteiger partial charge is 0.497 e. The molecule has 2 N–H and O–H groups in total. The minimum absolute atomic E-state index is 0.0511. The molecule has 0 aliphatic heterocycles. The van der Waals surface area contributed by atoms with Crippen molar-refractivity contribution < 1.29 is 23.9 Å². The number of unbranched alkanes of at least 4 members (excludes halogenated alkanes) is 1. The molecule has 0 bridgehead atoms. The monoisotopic (exact) mass is 524 g/mol. The molecule has 38 heavy (non-hydrogen) atoms. The fourth-order valence-electron chi connectivity index (χ4n) is 4.20. The molecule has 0 aromatic heterocycles. The predicted octanol–water partition coefficient (Wildman–Crippen LogP) is 6.61. The van der Waals surface area contributed by atoms with E-state index in [4.69, 9.17) is 9.47 Å². The SMILES string of the molecule is CCCCC(CC(=O)Nc1cc(C(=O)NC(=O)C(C)(C)C)ccc1C(C)(C)C)c1ccc(OC)cc1OC. The van der Waals surface area contributed by atoms with Gasteiger partial charge in [-0.2, -0.15) is 0 Å². The fraction of sp³-hybridized carbons (Fsp3) is 0.516. The van der Waals surface area contributed by atoms with E-state index in [1.54, 1.807) is 47.1 Å². The summed E-state index contributed by atoms with van der Waals surface area (Å²) in [4.78, 5) is 38.6. The second-order valence-corrected chi connectivity index (χ2v) is 11.7. The van der Waals surface area contributed by atoms with Crippen LogP contribution in [-0.2, 0) is 15.0 Å². The number of hydrogen-bond acceptors (Lipinski definition) is 5. The molecular weight excluding hydrogens is 480 g/mol. The highest BCUT2D eigenvalue weighted by molar-refractivity contribution is 6.07. The Balaban J connectivity index is 2.37. The summed E-state index contributed by atoms with van der Waals surface area (Å²) in [5.41, 5.74) is 1.76. The van der Waals surface area contributed by atoms with E-state index in [2.05, 4.69) is 17.6 Å². The number of methoxy groups -OCH3 is 2. The molecule has 0 spiro atoms. The van der Waals surface area contributed by atoms with Crippen LogP contribution in [-0.4, -0.2) is 31.9 Å². The summed E-state index contributed by atoms with van der Waals surface area (Å²) in [7, 11) is 3.22. The summed E-state index contributed by atoms with van der Waals surface area (Å²) in [5, 5.41) is 5.52. The van der Waals surface area contributed by atoms with Crippen LogP contribution < -0.4 is 20.1 Å². The van der Waals surface area contributed by atoms with E-state index in [0.29, 0.717) is 22.7 Å². The van der Waals surface area contributed by atoms with E-state index in [1.807, 2.05) is 45.0 Å². The van der Waals surface area contributed by atoms with Gasteiger partial charge in [-0.3, -0.25) is 19.7 Å². The normalized spacial score (nSPS) is 12.4. The van der Waals surface area contributed by atoms with Crippen LogP contribution in [0.3, 0.4) is 0 Å². The summed E-state index contributed by atoms with van der Waals surface area (Å²) in [6.45, 7) is 13.5. The average Bonchev–Trinajstić information content (AvgIpc) is 2.84. The molecular formula is C31H44N2O5. The fourth-order valence-corrected chi connectivity index (χ4v) is 4.20. The Labute approximate surface area is 227 Å². The second-order valence-electron chi connectivity index (χ2n) is 11.7. The number of carbonyl (C=O) groups is 3. The van der Waals surface area contributed by atoms with Gasteiger partial charge in [-0.05, 0) is 47.1 Å². The summed E-state index contributed by atoms with van der Waals surface area (Å²) < 4.78 is 11.0. The molecule has 2 aromatic carbocycles. The number of imide groups is 1. The van der Waals surface area contributed by atoms with Crippen molar-refractivity contribution in [3.8, 4) is 11.5 Å². The molecule has 1 unspecified atom stereocenters. The van der Waals surface area contributed by atoms with Gasteiger partial charge >= 0.3 is 0 Å². The molecule has 0 fully saturated rings. The lowest BCUT2D eigenvalue weighted by Crippen LogP contribution is -2.39. The van der Waals surface area contributed by atoms with E-state index in [0.717, 1.165) is 30.4 Å². The van der Waals surface area contributed by atoms with Gasteiger partial charge in [0.2, 0.25) is 11.8 Å². The minimum atomic E-state index is -0.700. The van der Waals surface area contributed by atoms with Gasteiger partial charge in [0.05, 0.1) is 14.2 Å². The van der Waals surface area contributed by atoms with Gasteiger partial charge in [-0.25, -0.2) is 0 Å². The third-order valence-corrected chi connectivity index (χ3v) is 6.49. The number of nitrogens with one attached hydrogen (secondary N) is 2. The van der Waals surface area contributed by atoms with Crippen molar-refractivity contribution in [1.29, 1.82) is 0 Å². The van der Waals surface area contributed by atoms with Crippen LogP contribution in [0, 0.1) is 5.41 Å². The van der Waals surface area contributed by atoms with Crippen LogP contribution in [0.5, 0.6) is 11.5 Å². The molecule has 0 radical (unpaired) electrons. The van der Waals surface area contributed by atoms with Crippen molar-refractivity contribution in [3.05, 3.63) is 53.1 Å². The second kappa shape index (κ2) is 12.9. The van der Waals surface area contributed by atoms with Gasteiger partial charge in [-0.1, -0.05) is 73.4 Å². The molecule has 208 valence electrons. The minimum Gasteiger partial charge on any atom is -0.497 e. The van der Waals surface area contributed by atoms with Crippen molar-refractivity contribution in [1.82, 2.24) is 5.32 Å². The zero-order chi connectivity index (χ0) is 28.7. The number of anilines is 1. The lowest BCUT2D eigenvalue weighted by molar-refractivity contribution is -0.127. The van der Waals surface area contributed by atoms with Gasteiger partial charge in [0, 0.05) is 29.2 Å². The van der Waals surface area contributed by atoms with E-state index >= 15 is 0 Å². The van der Waals surface area contributed by atoms with Crippen molar-refractivity contribution >= 4 is 23.4 Å². The third-order valence-electron chi connectivity index (χ3n) is 6.49. The molecule has 1 atom stereocenters. The van der Waals surface area contributed by atoms with Crippen LogP contribution in [0.2, 0.25) is 0 Å². The van der Waals surface area contributed by atoms with Crippen molar-refractivity contribution in [2.24, 2.45) is 5.41 Å². The zero-order valence-corrected chi connectivity index (χ0v) is 24.4. The summed E-state index contributed by atoms with van der Waals surface area (Å²) in [6, 6.07) is 10.9. The smallest absolute Gasteiger partial charge is 0.257 e. The molecule has 7 nitrogen and oxygen atoms in total. The first-order valence-corrected chi connectivity index (χ1v) is 13.2. The highest BCUT2D eigenvalue weighted by atomic mass is 16.5. The summed E-state index contributed by atoms with van der Waals surface area (Å²) >= 11 is 0. The Morgan fingerprint density at radius 3 is 2.16 bits per heavy atom. The number of hydrogen-bond donors (Lipinski definition) is 2. The summed E-state index contributed by atoms with van der Waals surface area (Å²) in [6.07, 6.45) is 3.06. The van der Waals surface area contributed by atoms with Crippen LogP contribution in [0.15, 0.2) is 36.4 Å². The van der Waals surface area contributed by atoms with Crippen LogP contribution in [0.4, 0.5) is 5.69 Å². The Morgan fingerprint density at radius 2 is 1.61 bits per heavy atom. The lowest BCUT2D eigenvalue weighted by Gasteiger charge is -2.25. The quantitative estimate of drug-likeness (QED) is 0.365. The lowest BCUT2D eigenvalue weighted by atomic mass is 9.84. The van der Waals surface area contributed by atoms with Gasteiger partial charge < -0.3 is 14.8 Å². The summed E-state index contributed by atoms with van der Waals surface area (Å²) in [5.74, 6) is 0.322. The van der Waals surface area contributed by atoms with E-state index in [9.17, 15) is 14.4 Å². The van der Waals surface area contributed by atoms with Crippen LogP contribution in [0.25, 0.3) is 0 Å². The first-order valence-electron chi connectivity index (χ1n) is 13.2. The highest BCUT2D eigenvalue weighted by Crippen LogP contribution is 2.36. The maximum atomic E-state index is 13.4. The van der Waals surface area contributed by atoms with Gasteiger partial charge in [0.1, 0.15) is 11.5 Å². The Bertz CT molecular complexity index is 1140. The topological polar surface area (TPSA) is 93.7 Å². The molecule has 7 heteroatoms. The van der Waals surface area contributed by atoms with E-state index in [1.165, 1.54) is 0 Å². The third kappa shape index (κ3) is 8.33. The van der Waals surface area contributed by atoms with Crippen LogP contribution >= 0.6 is 0 Å². The molecule has 2 aromatic rings. The molecule has 0 aliphatic rings. The van der Waals surface area contributed by atoms with Crippen LogP contribution in [0.1, 0.15) is 102 Å². The average molecular weight is 525 g/mol. The molecule has 2 rings (SSSR count). The molecule has 0 heterocycles. The first kappa shape index (κ1) is 30.9. The molecule has 0 saturated carbocycles. The van der Waals surface area contributed by atoms with Gasteiger partial charge in [0.15, 0.2) is 0 Å². The van der Waals surface area contributed by atoms with Crippen molar-refractivity contribution in [2.75, 3.05) is 19.5 Å². The van der Waals surface area contributed by atoms with Crippen molar-refractivity contribution in [2.45, 2.75) is 85.5 Å². The number of rotatable bonds is 10. The Morgan fingerprint density at radius 1 is 0.921 bits per heavy atom. The molecule has 0 aliphatic carbocycles.